The number of amides is 1. The molecule has 0 aromatic heterocycles. The Morgan fingerprint density at radius 3 is 2.75 bits per heavy atom. The third-order valence-corrected chi connectivity index (χ3v) is 3.33. The van der Waals surface area contributed by atoms with Gasteiger partial charge in [-0.05, 0) is 36.1 Å². The van der Waals surface area contributed by atoms with Crippen molar-refractivity contribution in [3.8, 4) is 0 Å². The predicted molar refractivity (Wildman–Crippen MR) is 74.3 cm³/mol. The highest BCUT2D eigenvalue weighted by Crippen LogP contribution is 2.29. The Hall–Kier alpha value is -1.21. The number of nitrogens with one attached hydrogen (secondary N) is 1. The Bertz CT molecular complexity index is 451. The highest BCUT2D eigenvalue weighted by Gasteiger charge is 2.30. The second-order valence-electron chi connectivity index (χ2n) is 4.30. The average molecular weight is 306 g/mol. The third-order valence-electron chi connectivity index (χ3n) is 2.69. The van der Waals surface area contributed by atoms with Crippen molar-refractivity contribution in [1.29, 1.82) is 0 Å². The maximum Gasteiger partial charge on any atom is 0.416 e. The van der Waals surface area contributed by atoms with Gasteiger partial charge >= 0.3 is 6.18 Å². The van der Waals surface area contributed by atoms with Gasteiger partial charge in [-0.25, -0.2) is 0 Å². The molecule has 1 rings (SSSR count). The van der Waals surface area contributed by atoms with Crippen LogP contribution in [0.5, 0.6) is 0 Å². The van der Waals surface area contributed by atoms with Gasteiger partial charge in [-0.15, -0.1) is 0 Å². The van der Waals surface area contributed by atoms with Crippen molar-refractivity contribution in [3.05, 3.63) is 35.4 Å². The molecule has 7 heteroatoms. The average Bonchev–Trinajstić information content (AvgIpc) is 2.41. The fourth-order valence-electron chi connectivity index (χ4n) is 1.55. The summed E-state index contributed by atoms with van der Waals surface area (Å²) >= 11 is 1.58. The number of benzene rings is 1. The van der Waals surface area contributed by atoms with Crippen LogP contribution >= 0.6 is 11.8 Å². The van der Waals surface area contributed by atoms with E-state index < -0.39 is 17.8 Å². The van der Waals surface area contributed by atoms with Gasteiger partial charge in [0.05, 0.1) is 11.6 Å². The largest absolute Gasteiger partial charge is 0.416 e. The van der Waals surface area contributed by atoms with E-state index in [0.717, 1.165) is 17.9 Å². The first-order valence-electron chi connectivity index (χ1n) is 6.03. The molecule has 0 aliphatic heterocycles. The topological polar surface area (TPSA) is 55.1 Å². The highest BCUT2D eigenvalue weighted by atomic mass is 32.2. The molecule has 3 nitrogen and oxygen atoms in total. The van der Waals surface area contributed by atoms with E-state index in [1.807, 2.05) is 6.26 Å². The zero-order valence-electron chi connectivity index (χ0n) is 11.0. The molecule has 0 saturated carbocycles. The standard InChI is InChI=1S/C13H17F3N2OS/c1-20-6-5-11(17)12(19)18-8-9-3-2-4-10(7-9)13(14,15)16/h2-4,7,11H,5-6,8,17H2,1H3,(H,18,19)/t11-/m0/s1. The Kier molecular flexibility index (Phi) is 6.35. The molecule has 0 unspecified atom stereocenters. The summed E-state index contributed by atoms with van der Waals surface area (Å²) in [5.74, 6) is 0.412. The smallest absolute Gasteiger partial charge is 0.351 e. The molecule has 0 bridgehead atoms. The van der Waals surface area contributed by atoms with Crippen LogP contribution in [0.15, 0.2) is 24.3 Å². The van der Waals surface area contributed by atoms with Crippen LogP contribution < -0.4 is 11.1 Å². The lowest BCUT2D eigenvalue weighted by Crippen LogP contribution is -2.40. The molecule has 1 aromatic rings. The quantitative estimate of drug-likeness (QED) is 0.848. The number of hydrogen-bond donors (Lipinski definition) is 2. The summed E-state index contributed by atoms with van der Waals surface area (Å²) < 4.78 is 37.6. The van der Waals surface area contributed by atoms with Crippen molar-refractivity contribution in [3.63, 3.8) is 0 Å². The van der Waals surface area contributed by atoms with Gasteiger partial charge in [-0.1, -0.05) is 12.1 Å². The molecule has 0 aliphatic carbocycles. The minimum atomic E-state index is -4.38. The molecule has 3 N–H and O–H groups in total. The summed E-state index contributed by atoms with van der Waals surface area (Å²) in [5, 5.41) is 2.55. The SMILES string of the molecule is CSCC[C@H](N)C(=O)NCc1cccc(C(F)(F)F)c1. The number of halogens is 3. The molecule has 0 fully saturated rings. The first-order valence-corrected chi connectivity index (χ1v) is 7.42. The van der Waals surface area contributed by atoms with Crippen molar-refractivity contribution in [2.24, 2.45) is 5.73 Å². The molecular formula is C13H17F3N2OS. The molecular weight excluding hydrogens is 289 g/mol. The lowest BCUT2D eigenvalue weighted by Gasteiger charge is -2.12. The van der Waals surface area contributed by atoms with Gasteiger partial charge in [0.15, 0.2) is 0 Å². The van der Waals surface area contributed by atoms with E-state index in [-0.39, 0.29) is 12.5 Å². The van der Waals surface area contributed by atoms with E-state index >= 15 is 0 Å². The van der Waals surface area contributed by atoms with Crippen LogP contribution in [-0.4, -0.2) is 24.0 Å². The number of thioether (sulfide) groups is 1. The summed E-state index contributed by atoms with van der Waals surface area (Å²) in [4.78, 5) is 11.6. The molecule has 0 spiro atoms. The highest BCUT2D eigenvalue weighted by molar-refractivity contribution is 7.98. The second kappa shape index (κ2) is 7.54. The first-order chi connectivity index (χ1) is 9.34. The predicted octanol–water partition coefficient (Wildman–Crippen LogP) is 2.40. The summed E-state index contributed by atoms with van der Waals surface area (Å²) in [6, 6.07) is 4.23. The summed E-state index contributed by atoms with van der Waals surface area (Å²) in [6.45, 7) is 0.0374. The number of hydrogen-bond acceptors (Lipinski definition) is 3. The Balaban J connectivity index is 2.55. The molecule has 1 aromatic carbocycles. The number of rotatable bonds is 6. The Morgan fingerprint density at radius 1 is 1.45 bits per heavy atom. The normalized spacial score (nSPS) is 13.1. The fraction of sp³-hybridized carbons (Fsp3) is 0.462. The zero-order valence-corrected chi connectivity index (χ0v) is 11.9. The lowest BCUT2D eigenvalue weighted by atomic mass is 10.1. The van der Waals surface area contributed by atoms with Crippen LogP contribution in [0.2, 0.25) is 0 Å². The van der Waals surface area contributed by atoms with Crippen molar-refractivity contribution < 1.29 is 18.0 Å². The van der Waals surface area contributed by atoms with E-state index in [4.69, 9.17) is 5.73 Å². The van der Waals surface area contributed by atoms with Crippen LogP contribution in [-0.2, 0) is 17.5 Å². The number of alkyl halides is 3. The van der Waals surface area contributed by atoms with Crippen LogP contribution in [0.1, 0.15) is 17.5 Å². The fourth-order valence-corrected chi connectivity index (χ4v) is 2.04. The Labute approximate surface area is 120 Å². The van der Waals surface area contributed by atoms with Gasteiger partial charge in [0.2, 0.25) is 5.91 Å². The van der Waals surface area contributed by atoms with Crippen LogP contribution in [0.25, 0.3) is 0 Å². The van der Waals surface area contributed by atoms with Gasteiger partial charge in [0.25, 0.3) is 0 Å². The van der Waals surface area contributed by atoms with Gasteiger partial charge in [0, 0.05) is 6.54 Å². The number of carbonyl (C=O) groups excluding carboxylic acids is 1. The van der Waals surface area contributed by atoms with E-state index in [1.165, 1.54) is 12.1 Å². The van der Waals surface area contributed by atoms with Crippen molar-refractivity contribution >= 4 is 17.7 Å². The van der Waals surface area contributed by atoms with Gasteiger partial charge in [-0.2, -0.15) is 24.9 Å². The number of nitrogens with two attached hydrogens (primary N) is 1. The lowest BCUT2D eigenvalue weighted by molar-refractivity contribution is -0.137. The molecule has 0 radical (unpaired) electrons. The monoisotopic (exact) mass is 306 g/mol. The molecule has 0 heterocycles. The molecule has 0 saturated heterocycles. The minimum absolute atomic E-state index is 0.0374. The maximum atomic E-state index is 12.5. The van der Waals surface area contributed by atoms with E-state index in [1.54, 1.807) is 11.8 Å². The van der Waals surface area contributed by atoms with E-state index in [2.05, 4.69) is 5.32 Å². The second-order valence-corrected chi connectivity index (χ2v) is 5.29. The van der Waals surface area contributed by atoms with Crippen LogP contribution in [0.3, 0.4) is 0 Å². The van der Waals surface area contributed by atoms with Crippen LogP contribution in [0, 0.1) is 0 Å². The summed E-state index contributed by atoms with van der Waals surface area (Å²) in [7, 11) is 0. The third kappa shape index (κ3) is 5.42. The van der Waals surface area contributed by atoms with Crippen LogP contribution in [0.4, 0.5) is 13.2 Å². The van der Waals surface area contributed by atoms with E-state index in [9.17, 15) is 18.0 Å². The molecule has 112 valence electrons. The molecule has 1 amide bonds. The summed E-state index contributed by atoms with van der Waals surface area (Å²) in [5.41, 5.74) is 5.33. The number of carbonyl (C=O) groups is 1. The van der Waals surface area contributed by atoms with Gasteiger partial charge in [0.1, 0.15) is 0 Å². The first kappa shape index (κ1) is 16.8. The van der Waals surface area contributed by atoms with Gasteiger partial charge in [-0.3, -0.25) is 4.79 Å². The zero-order chi connectivity index (χ0) is 15.2. The van der Waals surface area contributed by atoms with Gasteiger partial charge < -0.3 is 11.1 Å². The molecule has 20 heavy (non-hydrogen) atoms. The molecule has 1 atom stereocenters. The van der Waals surface area contributed by atoms with Crippen molar-refractivity contribution in [1.82, 2.24) is 5.32 Å². The minimum Gasteiger partial charge on any atom is -0.351 e. The van der Waals surface area contributed by atoms with Crippen molar-refractivity contribution in [2.75, 3.05) is 12.0 Å². The maximum absolute atomic E-state index is 12.5. The Morgan fingerprint density at radius 2 is 2.15 bits per heavy atom. The summed E-state index contributed by atoms with van der Waals surface area (Å²) in [6.07, 6.45) is -1.93. The van der Waals surface area contributed by atoms with E-state index in [0.29, 0.717) is 12.0 Å². The van der Waals surface area contributed by atoms with Crippen molar-refractivity contribution in [2.45, 2.75) is 25.2 Å². The molecule has 0 aliphatic rings.